The average Bonchev–Trinajstić information content (AvgIpc) is 2.74. The number of thiophene rings is 1. The monoisotopic (exact) mass is 240 g/mol. The van der Waals surface area contributed by atoms with Crippen LogP contribution in [0.2, 0.25) is 0 Å². The van der Waals surface area contributed by atoms with Gasteiger partial charge in [-0.3, -0.25) is 4.99 Å². The summed E-state index contributed by atoms with van der Waals surface area (Å²) in [5, 5.41) is 8.86. The molecule has 1 atom stereocenters. The SMILES string of the molecule is CC1CN=C(NCCc2ccsc2)SC1. The number of nitrogens with one attached hydrogen (secondary N) is 1. The molecule has 0 saturated carbocycles. The van der Waals surface area contributed by atoms with Crippen molar-refractivity contribution >= 4 is 28.3 Å². The molecule has 2 nitrogen and oxygen atoms in total. The van der Waals surface area contributed by atoms with Gasteiger partial charge in [0.1, 0.15) is 0 Å². The first-order valence-corrected chi connectivity index (χ1v) is 7.19. The summed E-state index contributed by atoms with van der Waals surface area (Å²) < 4.78 is 0. The highest BCUT2D eigenvalue weighted by Gasteiger charge is 2.11. The van der Waals surface area contributed by atoms with Crippen LogP contribution in [0, 0.1) is 5.92 Å². The Morgan fingerprint density at radius 2 is 2.53 bits per heavy atom. The van der Waals surface area contributed by atoms with Gasteiger partial charge in [0.05, 0.1) is 0 Å². The number of rotatable bonds is 3. The van der Waals surface area contributed by atoms with Gasteiger partial charge in [-0.25, -0.2) is 0 Å². The van der Waals surface area contributed by atoms with Crippen molar-refractivity contribution in [1.29, 1.82) is 0 Å². The molecule has 1 aromatic heterocycles. The van der Waals surface area contributed by atoms with Gasteiger partial charge in [0.15, 0.2) is 5.17 Å². The van der Waals surface area contributed by atoms with Crippen LogP contribution >= 0.6 is 23.1 Å². The Hall–Kier alpha value is -0.480. The summed E-state index contributed by atoms with van der Waals surface area (Å²) in [7, 11) is 0. The molecule has 1 aliphatic heterocycles. The zero-order chi connectivity index (χ0) is 10.5. The summed E-state index contributed by atoms with van der Waals surface area (Å²) in [6.07, 6.45) is 1.10. The molecule has 15 heavy (non-hydrogen) atoms. The third-order valence-electron chi connectivity index (χ3n) is 2.32. The van der Waals surface area contributed by atoms with E-state index in [9.17, 15) is 0 Å². The van der Waals surface area contributed by atoms with Crippen LogP contribution in [0.25, 0.3) is 0 Å². The zero-order valence-corrected chi connectivity index (χ0v) is 10.5. The van der Waals surface area contributed by atoms with Gasteiger partial charge in [0.2, 0.25) is 0 Å². The molecule has 2 rings (SSSR count). The number of hydrogen-bond acceptors (Lipinski definition) is 4. The van der Waals surface area contributed by atoms with Gasteiger partial charge in [-0.2, -0.15) is 11.3 Å². The number of amidine groups is 1. The Labute approximate surface area is 99.2 Å². The molecule has 2 heterocycles. The minimum Gasteiger partial charge on any atom is -0.365 e. The fourth-order valence-corrected chi connectivity index (χ4v) is 3.03. The van der Waals surface area contributed by atoms with Crippen LogP contribution in [0.5, 0.6) is 0 Å². The molecule has 4 heteroatoms. The molecule has 1 aliphatic rings. The van der Waals surface area contributed by atoms with Crippen molar-refractivity contribution in [3.8, 4) is 0 Å². The summed E-state index contributed by atoms with van der Waals surface area (Å²) in [5.74, 6) is 1.93. The van der Waals surface area contributed by atoms with E-state index in [1.165, 1.54) is 11.3 Å². The van der Waals surface area contributed by atoms with Gasteiger partial charge >= 0.3 is 0 Å². The minimum atomic E-state index is 0.734. The molecule has 0 radical (unpaired) electrons. The lowest BCUT2D eigenvalue weighted by Crippen LogP contribution is -2.27. The summed E-state index contributed by atoms with van der Waals surface area (Å²) in [6.45, 7) is 4.23. The predicted octanol–water partition coefficient (Wildman–Crippen LogP) is 2.62. The summed E-state index contributed by atoms with van der Waals surface area (Å²) in [4.78, 5) is 4.50. The molecule has 0 aliphatic carbocycles. The molecule has 0 aromatic carbocycles. The quantitative estimate of drug-likeness (QED) is 0.878. The number of hydrogen-bond donors (Lipinski definition) is 1. The zero-order valence-electron chi connectivity index (χ0n) is 8.90. The van der Waals surface area contributed by atoms with E-state index in [4.69, 9.17) is 0 Å². The minimum absolute atomic E-state index is 0.734. The lowest BCUT2D eigenvalue weighted by molar-refractivity contribution is 0.669. The number of thioether (sulfide) groups is 1. The van der Waals surface area contributed by atoms with Gasteiger partial charge in [-0.1, -0.05) is 18.7 Å². The Kier molecular flexibility index (Phi) is 4.09. The molecular formula is C11H16N2S2. The van der Waals surface area contributed by atoms with Crippen molar-refractivity contribution in [1.82, 2.24) is 5.32 Å². The maximum atomic E-state index is 4.50. The Balaban J connectivity index is 1.70. The first-order chi connectivity index (χ1) is 7.34. The predicted molar refractivity (Wildman–Crippen MR) is 69.9 cm³/mol. The lowest BCUT2D eigenvalue weighted by Gasteiger charge is -2.17. The van der Waals surface area contributed by atoms with E-state index in [1.807, 2.05) is 11.8 Å². The van der Waals surface area contributed by atoms with Crippen molar-refractivity contribution < 1.29 is 0 Å². The van der Waals surface area contributed by atoms with Crippen LogP contribution in [-0.2, 0) is 6.42 Å². The second kappa shape index (κ2) is 5.56. The van der Waals surface area contributed by atoms with Gasteiger partial charge in [-0.05, 0) is 34.7 Å². The van der Waals surface area contributed by atoms with E-state index < -0.39 is 0 Å². The second-order valence-electron chi connectivity index (χ2n) is 3.87. The maximum absolute atomic E-state index is 4.50. The molecule has 0 fully saturated rings. The van der Waals surface area contributed by atoms with Gasteiger partial charge in [-0.15, -0.1) is 0 Å². The van der Waals surface area contributed by atoms with E-state index in [0.29, 0.717) is 0 Å². The van der Waals surface area contributed by atoms with Crippen LogP contribution in [0.15, 0.2) is 21.8 Å². The van der Waals surface area contributed by atoms with Crippen molar-refractivity contribution in [3.63, 3.8) is 0 Å². The standard InChI is InChI=1S/C11H16N2S2/c1-9-6-13-11(15-7-9)12-4-2-10-3-5-14-8-10/h3,5,8-9H,2,4,6-7H2,1H3,(H,12,13). The van der Waals surface area contributed by atoms with Crippen LogP contribution in [0.1, 0.15) is 12.5 Å². The molecule has 1 N–H and O–H groups in total. The van der Waals surface area contributed by atoms with E-state index in [2.05, 4.69) is 34.1 Å². The summed E-state index contributed by atoms with van der Waals surface area (Å²) in [6, 6.07) is 2.18. The Morgan fingerprint density at radius 3 is 3.20 bits per heavy atom. The fraction of sp³-hybridized carbons (Fsp3) is 0.545. The van der Waals surface area contributed by atoms with Crippen molar-refractivity contribution in [2.75, 3.05) is 18.8 Å². The Bertz CT molecular complexity index is 319. The molecule has 1 aromatic rings. The summed E-state index contributed by atoms with van der Waals surface area (Å²) in [5.41, 5.74) is 1.42. The first-order valence-electron chi connectivity index (χ1n) is 5.27. The van der Waals surface area contributed by atoms with Crippen LogP contribution in [-0.4, -0.2) is 24.0 Å². The van der Waals surface area contributed by atoms with Gasteiger partial charge in [0, 0.05) is 18.8 Å². The number of aliphatic imine (C=N–C) groups is 1. The van der Waals surface area contributed by atoms with E-state index >= 15 is 0 Å². The van der Waals surface area contributed by atoms with Gasteiger partial charge < -0.3 is 5.32 Å². The molecule has 0 amide bonds. The molecule has 82 valence electrons. The summed E-state index contributed by atoms with van der Waals surface area (Å²) >= 11 is 3.61. The fourth-order valence-electron chi connectivity index (χ4n) is 1.41. The maximum Gasteiger partial charge on any atom is 0.156 e. The van der Waals surface area contributed by atoms with Gasteiger partial charge in [0.25, 0.3) is 0 Å². The normalized spacial score (nSPS) is 21.1. The molecule has 1 unspecified atom stereocenters. The highest BCUT2D eigenvalue weighted by molar-refractivity contribution is 8.13. The Morgan fingerprint density at radius 1 is 1.60 bits per heavy atom. The smallest absolute Gasteiger partial charge is 0.156 e. The van der Waals surface area contributed by atoms with Crippen LogP contribution in [0.4, 0.5) is 0 Å². The van der Waals surface area contributed by atoms with Crippen LogP contribution < -0.4 is 5.32 Å². The van der Waals surface area contributed by atoms with Crippen molar-refractivity contribution in [3.05, 3.63) is 22.4 Å². The third-order valence-corrected chi connectivity index (χ3v) is 4.34. The van der Waals surface area contributed by atoms with E-state index in [-0.39, 0.29) is 0 Å². The molecule has 0 bridgehead atoms. The van der Waals surface area contributed by atoms with E-state index in [0.717, 1.165) is 30.6 Å². The molecular weight excluding hydrogens is 224 g/mol. The van der Waals surface area contributed by atoms with E-state index in [1.54, 1.807) is 11.3 Å². The van der Waals surface area contributed by atoms with Crippen molar-refractivity contribution in [2.24, 2.45) is 10.9 Å². The van der Waals surface area contributed by atoms with Crippen LogP contribution in [0.3, 0.4) is 0 Å². The largest absolute Gasteiger partial charge is 0.365 e. The van der Waals surface area contributed by atoms with Crippen molar-refractivity contribution in [2.45, 2.75) is 13.3 Å². The molecule has 0 saturated heterocycles. The third kappa shape index (κ3) is 3.54. The second-order valence-corrected chi connectivity index (χ2v) is 5.66. The number of nitrogens with zero attached hydrogens (tertiary/aromatic N) is 1. The molecule has 0 spiro atoms. The average molecular weight is 240 g/mol. The lowest BCUT2D eigenvalue weighted by atomic mass is 10.2. The highest BCUT2D eigenvalue weighted by atomic mass is 32.2. The topological polar surface area (TPSA) is 24.4 Å². The first kappa shape index (κ1) is 11.0. The highest BCUT2D eigenvalue weighted by Crippen LogP contribution is 2.15.